The van der Waals surface area contributed by atoms with Crippen LogP contribution in [0.25, 0.3) is 82.5 Å². The van der Waals surface area contributed by atoms with Gasteiger partial charge in [0.2, 0.25) is 0 Å². The molecule has 13 aromatic rings. The standard InChI is InChI=1S/C60H30B3N3O3/c1-6-20-40-34(14-1)61-36-16-3-8-23-43(36)68-47-29-27-32-50-49-31-13-11-19-39-55(31)66(42-22-12-26-46-52(42)63(39)38-18-5-10-25-45(38)67-46)58(49)51-33-28-30-48-54-57(33)65(60(51)59(50)64(40)56(32)53(47)61)41-21-7-2-15-35(41)62(54)37-17-4-9-24-44(37)69-48/h1-30H. The Morgan fingerprint density at radius 3 is 1.23 bits per heavy atom. The molecule has 19 rings (SSSR count). The van der Waals surface area contributed by atoms with E-state index in [0.717, 1.165) is 40.2 Å². The van der Waals surface area contributed by atoms with Crippen LogP contribution in [0.3, 0.4) is 0 Å². The van der Waals surface area contributed by atoms with Crippen molar-refractivity contribution in [3.8, 4) is 51.6 Å². The molecule has 6 nitrogen and oxygen atoms in total. The van der Waals surface area contributed by atoms with Gasteiger partial charge in [0.15, 0.2) is 0 Å². The van der Waals surface area contributed by atoms with Gasteiger partial charge in [-0.05, 0) is 116 Å². The van der Waals surface area contributed by atoms with Crippen LogP contribution in [0.4, 0.5) is 0 Å². The van der Waals surface area contributed by atoms with Crippen LogP contribution >= 0.6 is 0 Å². The van der Waals surface area contributed by atoms with Crippen LogP contribution in [0.1, 0.15) is 0 Å². The summed E-state index contributed by atoms with van der Waals surface area (Å²) in [7, 11) is 0. The molecule has 3 aromatic heterocycles. The van der Waals surface area contributed by atoms with Crippen LogP contribution in [0.5, 0.6) is 34.5 Å². The Kier molecular flexibility index (Phi) is 5.74. The van der Waals surface area contributed by atoms with E-state index in [0.29, 0.717) is 0 Å². The Morgan fingerprint density at radius 2 is 0.638 bits per heavy atom. The molecule has 0 saturated heterocycles. The summed E-state index contributed by atoms with van der Waals surface area (Å²) in [5.41, 5.74) is 21.9. The minimum atomic E-state index is -0.00133. The van der Waals surface area contributed by atoms with Crippen LogP contribution in [0, 0.1) is 0 Å². The highest BCUT2D eigenvalue weighted by Crippen LogP contribution is 2.52. The zero-order valence-electron chi connectivity index (χ0n) is 36.6. The van der Waals surface area contributed by atoms with Gasteiger partial charge in [-0.3, -0.25) is 0 Å². The van der Waals surface area contributed by atoms with Crippen molar-refractivity contribution in [3.63, 3.8) is 0 Å². The molecular weight excluding hydrogens is 843 g/mol. The lowest BCUT2D eigenvalue weighted by atomic mass is 9.34. The average molecular weight is 873 g/mol. The molecule has 0 saturated carbocycles. The van der Waals surface area contributed by atoms with Gasteiger partial charge >= 0.3 is 0 Å². The first-order valence-corrected chi connectivity index (χ1v) is 24.0. The Morgan fingerprint density at radius 1 is 0.246 bits per heavy atom. The molecule has 0 aliphatic carbocycles. The van der Waals surface area contributed by atoms with Crippen molar-refractivity contribution < 1.29 is 14.2 Å². The second-order valence-corrected chi connectivity index (χ2v) is 19.7. The van der Waals surface area contributed by atoms with E-state index in [1.54, 1.807) is 0 Å². The summed E-state index contributed by atoms with van der Waals surface area (Å²) in [6.45, 7) is 0.0117. The van der Waals surface area contributed by atoms with E-state index in [4.69, 9.17) is 14.2 Å². The highest BCUT2D eigenvalue weighted by molar-refractivity contribution is 7.01. The molecule has 312 valence electrons. The van der Waals surface area contributed by atoms with Gasteiger partial charge < -0.3 is 27.9 Å². The zero-order valence-corrected chi connectivity index (χ0v) is 36.6. The summed E-state index contributed by atoms with van der Waals surface area (Å²) in [6, 6.07) is 67.0. The SMILES string of the molecule is c1ccc2c(c1)Oc1cccc3c1B2c1cccc2c4c5c6ccc7c8c6n(c5c5c(c6ccc9c%10c6n5-c5ccccc5B%10c5ccccc5O9)c4n-3c12)-c1ccccc1B8c1ccccc1O7. The van der Waals surface area contributed by atoms with E-state index in [1.807, 2.05) is 0 Å². The molecule has 0 atom stereocenters. The van der Waals surface area contributed by atoms with Crippen molar-refractivity contribution in [1.82, 2.24) is 13.7 Å². The molecule has 6 aliphatic heterocycles. The fourth-order valence-corrected chi connectivity index (χ4v) is 14.5. The predicted octanol–water partition coefficient (Wildman–Crippen LogP) is 7.78. The van der Waals surface area contributed by atoms with Crippen molar-refractivity contribution in [3.05, 3.63) is 182 Å². The Balaban J connectivity index is 1.11. The molecule has 9 heteroatoms. The molecule has 10 aromatic carbocycles. The number of para-hydroxylation sites is 6. The number of hydrogen-bond acceptors (Lipinski definition) is 3. The summed E-state index contributed by atoms with van der Waals surface area (Å²) in [4.78, 5) is 0. The molecule has 0 N–H and O–H groups in total. The van der Waals surface area contributed by atoms with E-state index < -0.39 is 0 Å². The van der Waals surface area contributed by atoms with Crippen LogP contribution in [-0.4, -0.2) is 33.8 Å². The topological polar surface area (TPSA) is 42.5 Å². The number of fused-ring (bicyclic) bond motifs is 26. The van der Waals surface area contributed by atoms with Gasteiger partial charge in [0.25, 0.3) is 20.1 Å². The number of aromatic nitrogens is 3. The number of rotatable bonds is 0. The molecule has 9 heterocycles. The van der Waals surface area contributed by atoms with Crippen LogP contribution < -0.4 is 63.4 Å². The van der Waals surface area contributed by atoms with Crippen molar-refractivity contribution >= 4 is 135 Å². The van der Waals surface area contributed by atoms with Gasteiger partial charge in [-0.15, -0.1) is 0 Å². The van der Waals surface area contributed by atoms with Gasteiger partial charge in [0.05, 0.1) is 27.6 Å². The second kappa shape index (κ2) is 11.5. The highest BCUT2D eigenvalue weighted by atomic mass is 16.5. The average Bonchev–Trinajstić information content (AvgIpc) is 4.06. The maximum atomic E-state index is 6.95. The quantitative estimate of drug-likeness (QED) is 0.146. The number of ether oxygens (including phenoxy) is 3. The summed E-state index contributed by atoms with van der Waals surface area (Å²) in [5.74, 6) is 5.51. The normalized spacial score (nSPS) is 14.3. The highest BCUT2D eigenvalue weighted by Gasteiger charge is 2.46. The molecule has 0 fully saturated rings. The molecule has 6 aliphatic rings. The lowest BCUT2D eigenvalue weighted by molar-refractivity contribution is 0.487. The van der Waals surface area contributed by atoms with Crippen molar-refractivity contribution in [2.24, 2.45) is 0 Å². The van der Waals surface area contributed by atoms with E-state index >= 15 is 0 Å². The van der Waals surface area contributed by atoms with Crippen LogP contribution in [-0.2, 0) is 0 Å². The number of nitrogens with zero attached hydrogens (tertiary/aromatic N) is 3. The second-order valence-electron chi connectivity index (χ2n) is 19.7. The fourth-order valence-electron chi connectivity index (χ4n) is 14.5. The monoisotopic (exact) mass is 873 g/mol. The predicted molar refractivity (Wildman–Crippen MR) is 283 cm³/mol. The van der Waals surface area contributed by atoms with E-state index in [1.165, 1.54) is 126 Å². The zero-order chi connectivity index (χ0) is 44.1. The van der Waals surface area contributed by atoms with Gasteiger partial charge in [0.1, 0.15) is 34.5 Å². The smallest absolute Gasteiger partial charge is 0.256 e. The van der Waals surface area contributed by atoms with Crippen molar-refractivity contribution in [2.75, 3.05) is 0 Å². The van der Waals surface area contributed by atoms with Gasteiger partial charge in [-0.1, -0.05) is 115 Å². The third-order valence-corrected chi connectivity index (χ3v) is 16.8. The first-order valence-electron chi connectivity index (χ1n) is 24.0. The van der Waals surface area contributed by atoms with Gasteiger partial charge in [0, 0.05) is 54.9 Å². The molecule has 0 unspecified atom stereocenters. The molecule has 0 amide bonds. The van der Waals surface area contributed by atoms with Gasteiger partial charge in [-0.2, -0.15) is 0 Å². The molecule has 0 radical (unpaired) electrons. The Bertz CT molecular complexity index is 4700. The fraction of sp³-hybridized carbons (Fsp3) is 0. The third kappa shape index (κ3) is 3.72. The maximum Gasteiger partial charge on any atom is 0.256 e. The lowest BCUT2D eigenvalue weighted by Crippen LogP contribution is -2.58. The van der Waals surface area contributed by atoms with Crippen LogP contribution in [0.15, 0.2) is 182 Å². The summed E-state index contributed by atoms with van der Waals surface area (Å²) in [5, 5.41) is 7.44. The maximum absolute atomic E-state index is 6.95. The molecule has 0 bridgehead atoms. The minimum absolute atomic E-state index is 0.00133. The van der Waals surface area contributed by atoms with E-state index in [-0.39, 0.29) is 20.1 Å². The molecular formula is C60H30B3N3O3. The molecule has 0 spiro atoms. The first kappa shape index (κ1) is 34.5. The largest absolute Gasteiger partial charge is 0.458 e. The Hall–Kier alpha value is -8.81. The van der Waals surface area contributed by atoms with E-state index in [2.05, 4.69) is 196 Å². The van der Waals surface area contributed by atoms with Crippen LogP contribution in [0.2, 0.25) is 0 Å². The third-order valence-electron chi connectivity index (χ3n) is 16.8. The van der Waals surface area contributed by atoms with Gasteiger partial charge in [-0.25, -0.2) is 0 Å². The minimum Gasteiger partial charge on any atom is -0.458 e. The lowest BCUT2D eigenvalue weighted by Gasteiger charge is -2.33. The number of hydrogen-bond donors (Lipinski definition) is 0. The summed E-state index contributed by atoms with van der Waals surface area (Å²) >= 11 is 0. The number of benzene rings is 10. The summed E-state index contributed by atoms with van der Waals surface area (Å²) in [6.07, 6.45) is 0. The Labute approximate surface area is 394 Å². The first-order chi connectivity index (χ1) is 34.3. The summed E-state index contributed by atoms with van der Waals surface area (Å²) < 4.78 is 28.6. The van der Waals surface area contributed by atoms with E-state index in [9.17, 15) is 0 Å². The van der Waals surface area contributed by atoms with Crippen molar-refractivity contribution in [2.45, 2.75) is 0 Å². The molecule has 69 heavy (non-hydrogen) atoms. The van der Waals surface area contributed by atoms with Crippen molar-refractivity contribution in [1.29, 1.82) is 0 Å².